The fourth-order valence-electron chi connectivity index (χ4n) is 2.27. The summed E-state index contributed by atoms with van der Waals surface area (Å²) in [6.07, 6.45) is 0.202. The Morgan fingerprint density at radius 2 is 1.62 bits per heavy atom. The lowest BCUT2D eigenvalue weighted by molar-refractivity contribution is -0.141. The Morgan fingerprint density at radius 3 is 2.19 bits per heavy atom. The van der Waals surface area contributed by atoms with Crippen LogP contribution < -0.4 is 10.6 Å². The average molecular weight is 375 g/mol. The van der Waals surface area contributed by atoms with E-state index in [1.807, 2.05) is 0 Å². The predicted molar refractivity (Wildman–Crippen MR) is 98.1 cm³/mol. The summed E-state index contributed by atoms with van der Waals surface area (Å²) in [6, 6.07) is 13.4. The lowest BCUT2D eigenvalue weighted by Gasteiger charge is -2.20. The average Bonchev–Trinajstić information content (AvgIpc) is 2.63. The smallest absolute Gasteiger partial charge is 0.325 e. The fourth-order valence-corrected chi connectivity index (χ4v) is 2.40. The van der Waals surface area contributed by atoms with Gasteiger partial charge in [0.2, 0.25) is 5.91 Å². The molecule has 2 aromatic rings. The van der Waals surface area contributed by atoms with Crippen LogP contribution in [0.5, 0.6) is 0 Å². The van der Waals surface area contributed by atoms with Crippen LogP contribution in [0, 0.1) is 0 Å². The molecule has 0 radical (unpaired) electrons. The van der Waals surface area contributed by atoms with Gasteiger partial charge in [-0.25, -0.2) is 0 Å². The van der Waals surface area contributed by atoms with E-state index in [-0.39, 0.29) is 6.42 Å². The Bertz CT molecular complexity index is 778. The van der Waals surface area contributed by atoms with Gasteiger partial charge in [0.1, 0.15) is 12.1 Å². The van der Waals surface area contributed by atoms with Gasteiger partial charge in [-0.1, -0.05) is 41.9 Å². The van der Waals surface area contributed by atoms with Crippen LogP contribution in [0.1, 0.15) is 22.8 Å². The molecule has 0 aliphatic heterocycles. The molecule has 0 bridgehead atoms. The summed E-state index contributed by atoms with van der Waals surface area (Å²) in [5, 5.41) is 14.6. The molecular weight excluding hydrogens is 356 g/mol. The lowest BCUT2D eigenvalue weighted by atomic mass is 10.0. The second kappa shape index (κ2) is 9.01. The van der Waals surface area contributed by atoms with Gasteiger partial charge in [0.25, 0.3) is 5.91 Å². The number of benzene rings is 2. The molecule has 0 aromatic heterocycles. The van der Waals surface area contributed by atoms with Crippen molar-refractivity contribution in [1.29, 1.82) is 0 Å². The molecule has 0 unspecified atom stereocenters. The van der Waals surface area contributed by atoms with E-state index in [9.17, 15) is 14.4 Å². The lowest BCUT2D eigenvalue weighted by Crippen LogP contribution is -2.51. The zero-order valence-corrected chi connectivity index (χ0v) is 14.9. The number of hydrogen-bond acceptors (Lipinski definition) is 3. The van der Waals surface area contributed by atoms with Gasteiger partial charge in [-0.15, -0.1) is 0 Å². The van der Waals surface area contributed by atoms with Gasteiger partial charge in [0.15, 0.2) is 0 Å². The molecule has 3 N–H and O–H groups in total. The van der Waals surface area contributed by atoms with Gasteiger partial charge in [-0.2, -0.15) is 0 Å². The summed E-state index contributed by atoms with van der Waals surface area (Å²) in [4.78, 5) is 35.9. The van der Waals surface area contributed by atoms with E-state index in [1.165, 1.54) is 6.92 Å². The monoisotopic (exact) mass is 374 g/mol. The zero-order valence-electron chi connectivity index (χ0n) is 14.1. The van der Waals surface area contributed by atoms with Crippen molar-refractivity contribution >= 4 is 29.4 Å². The van der Waals surface area contributed by atoms with Crippen molar-refractivity contribution < 1.29 is 19.5 Å². The van der Waals surface area contributed by atoms with Crippen LogP contribution in [0.4, 0.5) is 0 Å². The number of rotatable bonds is 7. The van der Waals surface area contributed by atoms with Crippen LogP contribution in [0.3, 0.4) is 0 Å². The van der Waals surface area contributed by atoms with Crippen LogP contribution in [-0.2, 0) is 16.0 Å². The van der Waals surface area contributed by atoms with Crippen molar-refractivity contribution in [2.24, 2.45) is 0 Å². The van der Waals surface area contributed by atoms with Crippen LogP contribution in [0.15, 0.2) is 54.6 Å². The minimum atomic E-state index is -1.15. The summed E-state index contributed by atoms with van der Waals surface area (Å²) in [5.74, 6) is -2.14. The maximum atomic E-state index is 12.5. The van der Waals surface area contributed by atoms with Gasteiger partial charge in [0, 0.05) is 17.0 Å². The van der Waals surface area contributed by atoms with Gasteiger partial charge < -0.3 is 15.7 Å². The molecule has 7 heteroatoms. The quantitative estimate of drug-likeness (QED) is 0.692. The molecule has 2 aromatic carbocycles. The first-order valence-electron chi connectivity index (χ1n) is 8.00. The first-order valence-corrected chi connectivity index (χ1v) is 8.38. The molecule has 0 saturated carbocycles. The van der Waals surface area contributed by atoms with Gasteiger partial charge in [-0.05, 0) is 36.8 Å². The molecule has 6 nitrogen and oxygen atoms in total. The maximum absolute atomic E-state index is 12.5. The van der Waals surface area contributed by atoms with Gasteiger partial charge in [0.05, 0.1) is 0 Å². The molecule has 0 heterocycles. The van der Waals surface area contributed by atoms with E-state index in [4.69, 9.17) is 16.7 Å². The third-order valence-electron chi connectivity index (χ3n) is 3.74. The maximum Gasteiger partial charge on any atom is 0.325 e. The van der Waals surface area contributed by atoms with Crippen molar-refractivity contribution in [1.82, 2.24) is 10.6 Å². The summed E-state index contributed by atoms with van der Waals surface area (Å²) in [7, 11) is 0. The SMILES string of the molecule is C[C@H](NC(=O)[C@H](Cc1ccc(Cl)cc1)NC(=O)c1ccccc1)C(=O)O. The summed E-state index contributed by atoms with van der Waals surface area (Å²) in [6.45, 7) is 1.36. The molecule has 136 valence electrons. The summed E-state index contributed by atoms with van der Waals surface area (Å²) in [5.41, 5.74) is 1.19. The molecule has 2 atom stereocenters. The van der Waals surface area contributed by atoms with Gasteiger partial charge >= 0.3 is 5.97 Å². The third-order valence-corrected chi connectivity index (χ3v) is 3.99. The van der Waals surface area contributed by atoms with Crippen molar-refractivity contribution in [3.8, 4) is 0 Å². The Hall–Kier alpha value is -2.86. The van der Waals surface area contributed by atoms with E-state index in [0.717, 1.165) is 5.56 Å². The largest absolute Gasteiger partial charge is 0.480 e. The van der Waals surface area contributed by atoms with E-state index in [1.54, 1.807) is 54.6 Å². The molecule has 0 aliphatic carbocycles. The van der Waals surface area contributed by atoms with Crippen molar-refractivity contribution in [2.45, 2.75) is 25.4 Å². The molecule has 2 amide bonds. The first-order chi connectivity index (χ1) is 12.4. The first kappa shape index (κ1) is 19.5. The fraction of sp³-hybridized carbons (Fsp3) is 0.211. The minimum absolute atomic E-state index is 0.202. The molecule has 26 heavy (non-hydrogen) atoms. The number of nitrogens with one attached hydrogen (secondary N) is 2. The van der Waals surface area contributed by atoms with Crippen molar-refractivity contribution in [3.63, 3.8) is 0 Å². The highest BCUT2D eigenvalue weighted by Gasteiger charge is 2.25. The minimum Gasteiger partial charge on any atom is -0.480 e. The highest BCUT2D eigenvalue weighted by molar-refractivity contribution is 6.30. The molecule has 0 fully saturated rings. The Morgan fingerprint density at radius 1 is 1.00 bits per heavy atom. The summed E-state index contributed by atoms with van der Waals surface area (Å²) >= 11 is 5.86. The Labute approximate surface area is 156 Å². The van der Waals surface area contributed by atoms with Crippen LogP contribution >= 0.6 is 11.6 Å². The zero-order chi connectivity index (χ0) is 19.1. The molecule has 0 aliphatic rings. The molecule has 2 rings (SSSR count). The second-order valence-corrected chi connectivity index (χ2v) is 6.23. The number of carboxylic acid groups (broad SMARTS) is 1. The second-order valence-electron chi connectivity index (χ2n) is 5.79. The highest BCUT2D eigenvalue weighted by atomic mass is 35.5. The number of amides is 2. The predicted octanol–water partition coefficient (Wildman–Crippen LogP) is 2.27. The molecular formula is C19H19ClN2O4. The van der Waals surface area contributed by atoms with E-state index < -0.39 is 29.9 Å². The van der Waals surface area contributed by atoms with E-state index in [0.29, 0.717) is 10.6 Å². The molecule has 0 saturated heterocycles. The number of carbonyl (C=O) groups is 3. The summed E-state index contributed by atoms with van der Waals surface area (Å²) < 4.78 is 0. The number of aliphatic carboxylic acids is 1. The van der Waals surface area contributed by atoms with Crippen molar-refractivity contribution in [2.75, 3.05) is 0 Å². The van der Waals surface area contributed by atoms with Crippen LogP contribution in [0.2, 0.25) is 5.02 Å². The van der Waals surface area contributed by atoms with Crippen LogP contribution in [0.25, 0.3) is 0 Å². The number of carbonyl (C=O) groups excluding carboxylic acids is 2. The van der Waals surface area contributed by atoms with E-state index >= 15 is 0 Å². The standard InChI is InChI=1S/C19H19ClN2O4/c1-12(19(25)26)21-18(24)16(11-13-7-9-15(20)10-8-13)22-17(23)14-5-3-2-4-6-14/h2-10,12,16H,11H2,1H3,(H,21,24)(H,22,23)(H,25,26)/t12-,16-/m0/s1. The topological polar surface area (TPSA) is 95.5 Å². The molecule has 0 spiro atoms. The highest BCUT2D eigenvalue weighted by Crippen LogP contribution is 2.12. The number of hydrogen-bond donors (Lipinski definition) is 3. The van der Waals surface area contributed by atoms with E-state index in [2.05, 4.69) is 10.6 Å². The number of halogens is 1. The van der Waals surface area contributed by atoms with Gasteiger partial charge in [-0.3, -0.25) is 14.4 Å². The normalized spacial score (nSPS) is 12.7. The third kappa shape index (κ3) is 5.60. The van der Waals surface area contributed by atoms with Crippen molar-refractivity contribution in [3.05, 3.63) is 70.7 Å². The number of carboxylic acids is 1. The Kier molecular flexibility index (Phi) is 6.74. The Balaban J connectivity index is 2.17. The van der Waals surface area contributed by atoms with Crippen LogP contribution in [-0.4, -0.2) is 35.0 Å².